The summed E-state index contributed by atoms with van der Waals surface area (Å²) in [6.07, 6.45) is 1.82. The minimum atomic E-state index is -0.216. The molecule has 26 heavy (non-hydrogen) atoms. The van der Waals surface area contributed by atoms with Crippen molar-refractivity contribution in [2.24, 2.45) is 0 Å². The van der Waals surface area contributed by atoms with Crippen molar-refractivity contribution >= 4 is 11.7 Å². The quantitative estimate of drug-likeness (QED) is 0.772. The third kappa shape index (κ3) is 4.85. The molecule has 0 radical (unpaired) electrons. The Morgan fingerprint density at radius 2 is 1.96 bits per heavy atom. The number of anilines is 1. The van der Waals surface area contributed by atoms with E-state index in [0.29, 0.717) is 31.5 Å². The Hall–Kier alpha value is -2.34. The van der Waals surface area contributed by atoms with Gasteiger partial charge in [-0.25, -0.2) is 0 Å². The van der Waals surface area contributed by atoms with Gasteiger partial charge in [0.05, 0.1) is 13.2 Å². The number of nitrogens with zero attached hydrogens (tertiary/aromatic N) is 2. The van der Waals surface area contributed by atoms with Gasteiger partial charge >= 0.3 is 0 Å². The molecule has 0 bridgehead atoms. The van der Waals surface area contributed by atoms with Crippen LogP contribution < -0.4 is 10.2 Å². The molecule has 1 aliphatic rings. The first-order valence-electron chi connectivity index (χ1n) is 9.30. The number of benzene rings is 1. The number of hydrogen-bond acceptors (Lipinski definition) is 5. The highest BCUT2D eigenvalue weighted by Gasteiger charge is 2.18. The molecule has 2 heterocycles. The number of carbonyl (C=O) groups excluding carboxylic acids is 1. The van der Waals surface area contributed by atoms with E-state index in [1.54, 1.807) is 6.07 Å². The van der Waals surface area contributed by atoms with Crippen molar-refractivity contribution in [2.75, 3.05) is 37.7 Å². The lowest BCUT2D eigenvalue weighted by Gasteiger charge is -2.25. The van der Waals surface area contributed by atoms with Crippen LogP contribution >= 0.6 is 0 Å². The van der Waals surface area contributed by atoms with Gasteiger partial charge in [0.15, 0.2) is 5.82 Å². The molecule has 1 amide bonds. The number of carbonyl (C=O) groups is 1. The molecule has 2 aromatic rings. The van der Waals surface area contributed by atoms with E-state index >= 15 is 0 Å². The van der Waals surface area contributed by atoms with E-state index in [1.807, 2.05) is 0 Å². The molecule has 1 saturated heterocycles. The van der Waals surface area contributed by atoms with Crippen molar-refractivity contribution in [2.45, 2.75) is 32.6 Å². The zero-order chi connectivity index (χ0) is 18.4. The first kappa shape index (κ1) is 18.5. The molecule has 1 fully saturated rings. The van der Waals surface area contributed by atoms with Gasteiger partial charge in [0, 0.05) is 25.7 Å². The zero-order valence-corrected chi connectivity index (χ0v) is 15.5. The number of hydrogen-bond donors (Lipinski definition) is 1. The molecule has 0 atom stereocenters. The summed E-state index contributed by atoms with van der Waals surface area (Å²) >= 11 is 0. The van der Waals surface area contributed by atoms with E-state index in [2.05, 4.69) is 53.5 Å². The van der Waals surface area contributed by atoms with Crippen molar-refractivity contribution in [3.8, 4) is 0 Å². The average Bonchev–Trinajstić information content (AvgIpc) is 3.16. The Balaban J connectivity index is 1.42. The molecule has 0 saturated carbocycles. The smallest absolute Gasteiger partial charge is 0.289 e. The highest BCUT2D eigenvalue weighted by molar-refractivity contribution is 5.92. The summed E-state index contributed by atoms with van der Waals surface area (Å²) in [6, 6.07) is 10.4. The van der Waals surface area contributed by atoms with Crippen LogP contribution in [0.15, 0.2) is 34.9 Å². The summed E-state index contributed by atoms with van der Waals surface area (Å²) < 4.78 is 10.5. The highest BCUT2D eigenvalue weighted by Crippen LogP contribution is 2.16. The van der Waals surface area contributed by atoms with Crippen molar-refractivity contribution in [3.63, 3.8) is 0 Å². The standard InChI is InChI=1S/C20H27N3O3/c1-15(2)17-7-5-16(6-8-17)4-3-9-21-20(24)18-14-19(22-26-18)23-10-12-25-13-11-23/h5-8,14-15H,3-4,9-13H2,1-2H3,(H,21,24). The first-order chi connectivity index (χ1) is 12.6. The van der Waals surface area contributed by atoms with Gasteiger partial charge in [0.25, 0.3) is 5.91 Å². The molecule has 3 rings (SSSR count). The lowest BCUT2D eigenvalue weighted by molar-refractivity contribution is 0.0916. The van der Waals surface area contributed by atoms with Gasteiger partial charge in [-0.2, -0.15) is 0 Å². The van der Waals surface area contributed by atoms with Crippen LogP contribution in [0.4, 0.5) is 5.82 Å². The van der Waals surface area contributed by atoms with E-state index in [1.165, 1.54) is 11.1 Å². The van der Waals surface area contributed by atoms with Crippen LogP contribution in [0.3, 0.4) is 0 Å². The normalized spacial score (nSPS) is 14.7. The minimum absolute atomic E-state index is 0.216. The number of rotatable bonds is 7. The van der Waals surface area contributed by atoms with Gasteiger partial charge in [-0.05, 0) is 29.9 Å². The Labute approximate surface area is 154 Å². The van der Waals surface area contributed by atoms with Crippen molar-refractivity contribution in [1.29, 1.82) is 0 Å². The van der Waals surface area contributed by atoms with E-state index in [4.69, 9.17) is 9.26 Å². The topological polar surface area (TPSA) is 67.6 Å². The van der Waals surface area contributed by atoms with E-state index in [9.17, 15) is 4.79 Å². The van der Waals surface area contributed by atoms with Crippen molar-refractivity contribution < 1.29 is 14.1 Å². The Morgan fingerprint density at radius 1 is 1.23 bits per heavy atom. The third-order valence-corrected chi connectivity index (χ3v) is 4.63. The largest absolute Gasteiger partial charge is 0.378 e. The molecule has 0 unspecified atom stereocenters. The van der Waals surface area contributed by atoms with Crippen molar-refractivity contribution in [1.82, 2.24) is 10.5 Å². The highest BCUT2D eigenvalue weighted by atomic mass is 16.5. The maximum atomic E-state index is 12.2. The summed E-state index contributed by atoms with van der Waals surface area (Å²) in [5.41, 5.74) is 2.64. The minimum Gasteiger partial charge on any atom is -0.378 e. The van der Waals surface area contributed by atoms with E-state index in [0.717, 1.165) is 25.9 Å². The maximum Gasteiger partial charge on any atom is 0.289 e. The van der Waals surface area contributed by atoms with Crippen LogP contribution in [0.1, 0.15) is 47.9 Å². The van der Waals surface area contributed by atoms with Gasteiger partial charge in [0.1, 0.15) is 0 Å². The second kappa shape index (κ2) is 8.85. The molecular weight excluding hydrogens is 330 g/mol. The lowest BCUT2D eigenvalue weighted by Crippen LogP contribution is -2.36. The first-order valence-corrected chi connectivity index (χ1v) is 9.30. The number of aromatic nitrogens is 1. The lowest BCUT2D eigenvalue weighted by atomic mass is 10.0. The zero-order valence-electron chi connectivity index (χ0n) is 15.5. The van der Waals surface area contributed by atoms with E-state index < -0.39 is 0 Å². The van der Waals surface area contributed by atoms with Gasteiger partial charge in [0.2, 0.25) is 5.76 Å². The molecular formula is C20H27N3O3. The second-order valence-electron chi connectivity index (χ2n) is 6.90. The number of amides is 1. The van der Waals surface area contributed by atoms with Gasteiger partial charge < -0.3 is 19.5 Å². The summed E-state index contributed by atoms with van der Waals surface area (Å²) in [7, 11) is 0. The van der Waals surface area contributed by atoms with Crippen LogP contribution in [-0.4, -0.2) is 43.9 Å². The fourth-order valence-corrected chi connectivity index (χ4v) is 2.97. The van der Waals surface area contributed by atoms with Crippen LogP contribution in [0.5, 0.6) is 0 Å². The number of nitrogens with one attached hydrogen (secondary N) is 1. The third-order valence-electron chi connectivity index (χ3n) is 4.63. The molecule has 1 aliphatic heterocycles. The average molecular weight is 357 g/mol. The van der Waals surface area contributed by atoms with E-state index in [-0.39, 0.29) is 11.7 Å². The van der Waals surface area contributed by atoms with Crippen LogP contribution in [-0.2, 0) is 11.2 Å². The monoisotopic (exact) mass is 357 g/mol. The SMILES string of the molecule is CC(C)c1ccc(CCCNC(=O)c2cc(N3CCOCC3)no2)cc1. The second-order valence-corrected chi connectivity index (χ2v) is 6.90. The Morgan fingerprint density at radius 3 is 2.65 bits per heavy atom. The molecule has 1 aromatic heterocycles. The van der Waals surface area contributed by atoms with Gasteiger partial charge in [-0.3, -0.25) is 4.79 Å². The number of morpholine rings is 1. The summed E-state index contributed by atoms with van der Waals surface area (Å²) in [5, 5.41) is 6.89. The van der Waals surface area contributed by atoms with Crippen LogP contribution in [0.25, 0.3) is 0 Å². The summed E-state index contributed by atoms with van der Waals surface area (Å²) in [6.45, 7) is 7.88. The fraction of sp³-hybridized carbons (Fsp3) is 0.500. The van der Waals surface area contributed by atoms with Crippen molar-refractivity contribution in [3.05, 3.63) is 47.2 Å². The molecule has 6 heteroatoms. The Bertz CT molecular complexity index is 703. The molecule has 0 aliphatic carbocycles. The summed E-state index contributed by atoms with van der Waals surface area (Å²) in [4.78, 5) is 14.2. The van der Waals surface area contributed by atoms with Crippen LogP contribution in [0.2, 0.25) is 0 Å². The summed E-state index contributed by atoms with van der Waals surface area (Å²) in [5.74, 6) is 1.29. The fourth-order valence-electron chi connectivity index (χ4n) is 2.97. The predicted octanol–water partition coefficient (Wildman–Crippen LogP) is 3.00. The number of aryl methyl sites for hydroxylation is 1. The molecule has 1 aromatic carbocycles. The molecule has 6 nitrogen and oxygen atoms in total. The number of ether oxygens (including phenoxy) is 1. The molecule has 1 N–H and O–H groups in total. The van der Waals surface area contributed by atoms with Gasteiger partial charge in [-0.1, -0.05) is 43.3 Å². The Kier molecular flexibility index (Phi) is 6.28. The molecule has 140 valence electrons. The predicted molar refractivity (Wildman–Crippen MR) is 101 cm³/mol. The van der Waals surface area contributed by atoms with Crippen LogP contribution in [0, 0.1) is 0 Å². The molecule has 0 spiro atoms. The van der Waals surface area contributed by atoms with Gasteiger partial charge in [-0.15, -0.1) is 0 Å². The maximum absolute atomic E-state index is 12.2.